The van der Waals surface area contributed by atoms with Crippen molar-refractivity contribution in [2.45, 2.75) is 0 Å². The second-order valence-corrected chi connectivity index (χ2v) is 1.34. The summed E-state index contributed by atoms with van der Waals surface area (Å²) in [4.78, 5) is 0. The first-order valence-electron chi connectivity index (χ1n) is 2.13. The van der Waals surface area contributed by atoms with Gasteiger partial charge in [0.25, 0.3) is 0 Å². The number of para-hydroxylation sites is 1. The molecule has 1 rings (SSSR count). The van der Waals surface area contributed by atoms with Gasteiger partial charge in [-0.25, -0.2) is 0 Å². The molecule has 9 heavy (non-hydrogen) atoms. The molecule has 1 N–H and O–H groups in total. The first-order chi connectivity index (χ1) is 3.39. The molecule has 3 heteroatoms. The van der Waals surface area contributed by atoms with E-state index in [1.807, 2.05) is 6.07 Å². The number of phenolic OH excluding ortho intramolecular Hbond substituents is 1. The molecule has 0 saturated heterocycles. The van der Waals surface area contributed by atoms with Gasteiger partial charge in [-0.1, -0.05) is 18.2 Å². The summed E-state index contributed by atoms with van der Waals surface area (Å²) in [6, 6.07) is 8.71. The van der Waals surface area contributed by atoms with Crippen LogP contribution in [-0.4, -0.2) is 5.11 Å². The fourth-order valence-corrected chi connectivity index (χ4v) is 0.428. The van der Waals surface area contributed by atoms with Gasteiger partial charge in [0.15, 0.2) is 0 Å². The van der Waals surface area contributed by atoms with Crippen molar-refractivity contribution >= 4 is 0 Å². The quantitative estimate of drug-likeness (QED) is 0.371. The van der Waals surface area contributed by atoms with Crippen LogP contribution in [0.25, 0.3) is 0 Å². The van der Waals surface area contributed by atoms with Gasteiger partial charge in [-0.15, -0.1) is 0 Å². The van der Waals surface area contributed by atoms with Gasteiger partial charge in [0.05, 0.1) is 0 Å². The van der Waals surface area contributed by atoms with Crippen LogP contribution in [0, 0.1) is 0 Å². The molecule has 0 radical (unpaired) electrons. The van der Waals surface area contributed by atoms with Crippen molar-refractivity contribution in [1.29, 1.82) is 0 Å². The molecule has 0 aliphatic heterocycles. The second-order valence-electron chi connectivity index (χ2n) is 1.34. The molecule has 1 nitrogen and oxygen atoms in total. The van der Waals surface area contributed by atoms with Crippen LogP contribution in [0.5, 0.6) is 5.75 Å². The summed E-state index contributed by atoms with van der Waals surface area (Å²) in [6.07, 6.45) is 0. The van der Waals surface area contributed by atoms with Gasteiger partial charge in [-0.2, -0.15) is 0 Å². The van der Waals surface area contributed by atoms with E-state index in [0.717, 1.165) is 0 Å². The number of hydrogen-bond acceptors (Lipinski definition) is 1. The normalized spacial score (nSPS) is 6.67. The van der Waals surface area contributed by atoms with Crippen molar-refractivity contribution < 1.29 is 61.2 Å². The van der Waals surface area contributed by atoms with E-state index in [1.54, 1.807) is 24.3 Å². The molecular weight excluding hydrogens is 146 g/mol. The molecule has 1 aromatic carbocycles. The summed E-state index contributed by atoms with van der Waals surface area (Å²) in [5.41, 5.74) is 0. The number of phenols is 1. The fourth-order valence-electron chi connectivity index (χ4n) is 0.428. The maximum atomic E-state index is 8.63. The van der Waals surface area contributed by atoms with Gasteiger partial charge in [-0.05, 0) is 12.1 Å². The Labute approximate surface area is 95.9 Å². The van der Waals surface area contributed by atoms with Crippen molar-refractivity contribution in [3.8, 4) is 5.75 Å². The van der Waals surface area contributed by atoms with Crippen LogP contribution in [0.3, 0.4) is 0 Å². The predicted octanol–water partition coefficient (Wildman–Crippen LogP) is -4.60. The Morgan fingerprint density at radius 3 is 1.67 bits per heavy atom. The largest absolute Gasteiger partial charge is 1.00 e. The molecule has 0 bridgehead atoms. The number of benzene rings is 1. The van der Waals surface area contributed by atoms with Crippen LogP contribution < -0.4 is 56.1 Å². The molecule has 0 aromatic heterocycles. The van der Waals surface area contributed by atoms with Crippen molar-refractivity contribution in [2.75, 3.05) is 0 Å². The molecule has 0 saturated carbocycles. The third-order valence-electron chi connectivity index (χ3n) is 0.756. The van der Waals surface area contributed by atoms with Gasteiger partial charge in [-0.3, -0.25) is 0 Å². The topological polar surface area (TPSA) is 20.2 Å². The first kappa shape index (κ1) is 12.3. The van der Waals surface area contributed by atoms with Gasteiger partial charge in [0, 0.05) is 0 Å². The Morgan fingerprint density at radius 2 is 1.44 bits per heavy atom. The number of hydrogen-bond donors (Lipinski definition) is 1. The molecule has 0 unspecified atom stereocenters. The van der Waals surface area contributed by atoms with E-state index >= 15 is 0 Å². The third kappa shape index (κ3) is 5.05. The van der Waals surface area contributed by atoms with Gasteiger partial charge in [0.2, 0.25) is 0 Å². The zero-order valence-corrected chi connectivity index (χ0v) is 8.34. The molecule has 0 atom stereocenters. The minimum Gasteiger partial charge on any atom is -1.00 e. The SMILES string of the molecule is Oc1ccccc1.[F-].[K+]. The number of rotatable bonds is 0. The number of halogens is 1. The summed E-state index contributed by atoms with van der Waals surface area (Å²) in [6.45, 7) is 0. The molecule has 0 aliphatic carbocycles. The summed E-state index contributed by atoms with van der Waals surface area (Å²) in [5.74, 6) is 0.322. The maximum Gasteiger partial charge on any atom is 1.00 e. The van der Waals surface area contributed by atoms with Crippen LogP contribution in [0.1, 0.15) is 0 Å². The van der Waals surface area contributed by atoms with E-state index in [-0.39, 0.29) is 56.1 Å². The molecule has 0 fully saturated rings. The zero-order chi connectivity index (χ0) is 5.11. The second kappa shape index (κ2) is 6.70. The Hall–Kier alpha value is 0.586. The van der Waals surface area contributed by atoms with Crippen LogP contribution in [0.2, 0.25) is 0 Å². The maximum absolute atomic E-state index is 8.63. The van der Waals surface area contributed by atoms with E-state index in [1.165, 1.54) is 0 Å². The Balaban J connectivity index is 0. The minimum absolute atomic E-state index is 0. The Kier molecular flexibility index (Phi) is 9.15. The third-order valence-corrected chi connectivity index (χ3v) is 0.756. The van der Waals surface area contributed by atoms with Crippen LogP contribution in [0.15, 0.2) is 30.3 Å². The summed E-state index contributed by atoms with van der Waals surface area (Å²) in [5, 5.41) is 8.63. The number of aromatic hydroxyl groups is 1. The smallest absolute Gasteiger partial charge is 1.00 e. The minimum atomic E-state index is 0. The van der Waals surface area contributed by atoms with Gasteiger partial charge in [0.1, 0.15) is 5.75 Å². The molecule has 0 aliphatic rings. The molecule has 0 heterocycles. The van der Waals surface area contributed by atoms with Crippen molar-refractivity contribution in [2.24, 2.45) is 0 Å². The molecule has 0 amide bonds. The first-order valence-corrected chi connectivity index (χ1v) is 2.13. The summed E-state index contributed by atoms with van der Waals surface area (Å²) >= 11 is 0. The van der Waals surface area contributed by atoms with Crippen LogP contribution in [-0.2, 0) is 0 Å². The van der Waals surface area contributed by atoms with E-state index in [4.69, 9.17) is 5.11 Å². The average molecular weight is 152 g/mol. The van der Waals surface area contributed by atoms with E-state index in [9.17, 15) is 0 Å². The van der Waals surface area contributed by atoms with E-state index in [0.29, 0.717) is 5.75 Å². The summed E-state index contributed by atoms with van der Waals surface area (Å²) < 4.78 is 0. The summed E-state index contributed by atoms with van der Waals surface area (Å²) in [7, 11) is 0. The molecule has 44 valence electrons. The molecule has 0 spiro atoms. The standard InChI is InChI=1S/C6H6O.FH.K/c7-6-4-2-1-3-5-6;;/h1-5,7H;1H;/q;;+1/p-1. The predicted molar refractivity (Wildman–Crippen MR) is 28.1 cm³/mol. The molecule has 1 aromatic rings. The van der Waals surface area contributed by atoms with E-state index < -0.39 is 0 Å². The monoisotopic (exact) mass is 152 g/mol. The Morgan fingerprint density at radius 1 is 1.00 bits per heavy atom. The van der Waals surface area contributed by atoms with Crippen LogP contribution in [0.4, 0.5) is 0 Å². The van der Waals surface area contributed by atoms with E-state index in [2.05, 4.69) is 0 Å². The van der Waals surface area contributed by atoms with Crippen molar-refractivity contribution in [3.63, 3.8) is 0 Å². The average Bonchev–Trinajstić information content (AvgIpc) is 1.69. The van der Waals surface area contributed by atoms with Crippen LogP contribution >= 0.6 is 0 Å². The zero-order valence-electron chi connectivity index (χ0n) is 5.21. The molecular formula is C6H6FKO. The van der Waals surface area contributed by atoms with Crippen molar-refractivity contribution in [1.82, 2.24) is 0 Å². The fraction of sp³-hybridized carbons (Fsp3) is 0. The Bertz CT molecular complexity index is 143. The van der Waals surface area contributed by atoms with Gasteiger partial charge < -0.3 is 9.81 Å². The van der Waals surface area contributed by atoms with Gasteiger partial charge >= 0.3 is 51.4 Å². The van der Waals surface area contributed by atoms with Crippen molar-refractivity contribution in [3.05, 3.63) is 30.3 Å².